The second kappa shape index (κ2) is 5.48. The van der Waals surface area contributed by atoms with Crippen LogP contribution in [-0.4, -0.2) is 35.8 Å². The number of amides is 2. The Morgan fingerprint density at radius 3 is 2.76 bits per heavy atom. The van der Waals surface area contributed by atoms with E-state index in [0.29, 0.717) is 17.9 Å². The van der Waals surface area contributed by atoms with E-state index in [1.807, 2.05) is 24.0 Å². The Kier molecular flexibility index (Phi) is 3.68. The van der Waals surface area contributed by atoms with Crippen molar-refractivity contribution in [3.63, 3.8) is 0 Å². The summed E-state index contributed by atoms with van der Waals surface area (Å²) in [6.07, 6.45) is 2.30. The highest BCUT2D eigenvalue weighted by molar-refractivity contribution is 6.01. The van der Waals surface area contributed by atoms with Crippen LogP contribution in [0.2, 0.25) is 0 Å². The number of rotatable bonds is 2. The van der Waals surface area contributed by atoms with Crippen LogP contribution < -0.4 is 11.1 Å². The zero-order valence-corrected chi connectivity index (χ0v) is 12.3. The summed E-state index contributed by atoms with van der Waals surface area (Å²) in [4.78, 5) is 25.8. The van der Waals surface area contributed by atoms with Gasteiger partial charge in [-0.05, 0) is 49.4 Å². The van der Waals surface area contributed by atoms with Gasteiger partial charge in [0.15, 0.2) is 0 Å². The SMILES string of the molecule is CC(N)C1CCN(C(=O)c2ccc3c(c2)CC(=O)N3)CC1. The van der Waals surface area contributed by atoms with Gasteiger partial charge in [-0.15, -0.1) is 0 Å². The minimum absolute atomic E-state index is 0.00709. The van der Waals surface area contributed by atoms with Gasteiger partial charge in [0, 0.05) is 30.4 Å². The third-order valence-corrected chi connectivity index (χ3v) is 4.55. The molecule has 0 spiro atoms. The number of anilines is 1. The van der Waals surface area contributed by atoms with Crippen LogP contribution >= 0.6 is 0 Å². The van der Waals surface area contributed by atoms with Crippen molar-refractivity contribution < 1.29 is 9.59 Å². The molecule has 2 aliphatic rings. The standard InChI is InChI=1S/C16H21N3O2/c1-10(17)11-4-6-19(7-5-11)16(21)12-2-3-14-13(8-12)9-15(20)18-14/h2-3,8,10-11H,4-7,9,17H2,1H3,(H,18,20). The molecule has 1 unspecified atom stereocenters. The summed E-state index contributed by atoms with van der Waals surface area (Å²) in [7, 11) is 0. The predicted molar refractivity (Wildman–Crippen MR) is 81.1 cm³/mol. The number of piperidine rings is 1. The van der Waals surface area contributed by atoms with E-state index in [1.54, 1.807) is 6.07 Å². The van der Waals surface area contributed by atoms with Gasteiger partial charge in [0.05, 0.1) is 6.42 Å². The lowest BCUT2D eigenvalue weighted by Gasteiger charge is -2.33. The topological polar surface area (TPSA) is 75.4 Å². The highest BCUT2D eigenvalue weighted by Crippen LogP contribution is 2.26. The van der Waals surface area contributed by atoms with Crippen molar-refractivity contribution >= 4 is 17.5 Å². The van der Waals surface area contributed by atoms with E-state index in [-0.39, 0.29) is 17.9 Å². The second-order valence-corrected chi connectivity index (χ2v) is 6.09. The first kappa shape index (κ1) is 14.1. The number of hydrogen-bond donors (Lipinski definition) is 2. The van der Waals surface area contributed by atoms with E-state index in [4.69, 9.17) is 5.73 Å². The highest BCUT2D eigenvalue weighted by Gasteiger charge is 2.26. The van der Waals surface area contributed by atoms with Crippen molar-refractivity contribution in [3.05, 3.63) is 29.3 Å². The molecule has 2 aliphatic heterocycles. The lowest BCUT2D eigenvalue weighted by Crippen LogP contribution is -2.42. The van der Waals surface area contributed by atoms with Crippen molar-refractivity contribution in [2.75, 3.05) is 18.4 Å². The van der Waals surface area contributed by atoms with E-state index in [9.17, 15) is 9.59 Å². The minimum atomic E-state index is -0.00709. The maximum Gasteiger partial charge on any atom is 0.253 e. The fourth-order valence-electron chi connectivity index (χ4n) is 3.17. The smallest absolute Gasteiger partial charge is 0.253 e. The number of likely N-dealkylation sites (tertiary alicyclic amines) is 1. The van der Waals surface area contributed by atoms with Crippen LogP contribution in [-0.2, 0) is 11.2 Å². The Morgan fingerprint density at radius 2 is 2.10 bits per heavy atom. The molecule has 112 valence electrons. The summed E-state index contributed by atoms with van der Waals surface area (Å²) in [6.45, 7) is 3.56. The number of carbonyl (C=O) groups is 2. The number of hydrogen-bond acceptors (Lipinski definition) is 3. The molecule has 5 nitrogen and oxygen atoms in total. The molecule has 2 amide bonds. The Labute approximate surface area is 124 Å². The van der Waals surface area contributed by atoms with E-state index >= 15 is 0 Å². The van der Waals surface area contributed by atoms with Crippen LogP contribution in [0.5, 0.6) is 0 Å². The monoisotopic (exact) mass is 287 g/mol. The van der Waals surface area contributed by atoms with Crippen LogP contribution in [0.1, 0.15) is 35.7 Å². The number of benzene rings is 1. The van der Waals surface area contributed by atoms with Crippen molar-refractivity contribution in [2.24, 2.45) is 11.7 Å². The van der Waals surface area contributed by atoms with Crippen LogP contribution in [0.4, 0.5) is 5.69 Å². The first-order chi connectivity index (χ1) is 10.0. The molecule has 1 fully saturated rings. The molecule has 0 aliphatic carbocycles. The Hall–Kier alpha value is -1.88. The molecule has 1 saturated heterocycles. The fraction of sp³-hybridized carbons (Fsp3) is 0.500. The van der Waals surface area contributed by atoms with Gasteiger partial charge in [0.25, 0.3) is 5.91 Å². The average Bonchev–Trinajstić information content (AvgIpc) is 2.85. The van der Waals surface area contributed by atoms with E-state index in [0.717, 1.165) is 37.2 Å². The van der Waals surface area contributed by atoms with Crippen molar-refractivity contribution in [3.8, 4) is 0 Å². The lowest BCUT2D eigenvalue weighted by molar-refractivity contribution is -0.115. The Balaban J connectivity index is 1.69. The fourth-order valence-corrected chi connectivity index (χ4v) is 3.17. The largest absolute Gasteiger partial charge is 0.339 e. The van der Waals surface area contributed by atoms with Gasteiger partial charge in [-0.25, -0.2) is 0 Å². The quantitative estimate of drug-likeness (QED) is 0.863. The summed E-state index contributed by atoms with van der Waals surface area (Å²) in [5.74, 6) is 0.559. The summed E-state index contributed by atoms with van der Waals surface area (Å²) in [6, 6.07) is 5.65. The van der Waals surface area contributed by atoms with E-state index in [2.05, 4.69) is 5.32 Å². The summed E-state index contributed by atoms with van der Waals surface area (Å²) in [5.41, 5.74) is 8.34. The molecular weight excluding hydrogens is 266 g/mol. The molecule has 0 bridgehead atoms. The van der Waals surface area contributed by atoms with Gasteiger partial charge in [0.2, 0.25) is 5.91 Å². The lowest BCUT2D eigenvalue weighted by atomic mass is 9.90. The maximum atomic E-state index is 12.5. The zero-order valence-electron chi connectivity index (χ0n) is 12.3. The molecule has 21 heavy (non-hydrogen) atoms. The maximum absolute atomic E-state index is 12.5. The molecule has 0 saturated carbocycles. The van der Waals surface area contributed by atoms with Crippen LogP contribution in [0.25, 0.3) is 0 Å². The molecule has 0 aromatic heterocycles. The van der Waals surface area contributed by atoms with Gasteiger partial charge < -0.3 is 16.0 Å². The second-order valence-electron chi connectivity index (χ2n) is 6.09. The Bertz CT molecular complexity index is 575. The minimum Gasteiger partial charge on any atom is -0.339 e. The molecule has 0 radical (unpaired) electrons. The number of nitrogens with zero attached hydrogens (tertiary/aromatic N) is 1. The van der Waals surface area contributed by atoms with Gasteiger partial charge in [-0.2, -0.15) is 0 Å². The molecule has 1 aromatic rings. The Morgan fingerprint density at radius 1 is 1.38 bits per heavy atom. The molecule has 3 rings (SSSR count). The molecule has 3 N–H and O–H groups in total. The number of fused-ring (bicyclic) bond motifs is 1. The highest BCUT2D eigenvalue weighted by atomic mass is 16.2. The van der Waals surface area contributed by atoms with Gasteiger partial charge in [-0.3, -0.25) is 9.59 Å². The average molecular weight is 287 g/mol. The molecular formula is C16H21N3O2. The number of carbonyl (C=O) groups excluding carboxylic acids is 2. The number of nitrogens with one attached hydrogen (secondary N) is 1. The first-order valence-electron chi connectivity index (χ1n) is 7.52. The molecule has 1 atom stereocenters. The molecule has 1 aromatic carbocycles. The van der Waals surface area contributed by atoms with Crippen molar-refractivity contribution in [1.29, 1.82) is 0 Å². The third kappa shape index (κ3) is 2.78. The zero-order chi connectivity index (χ0) is 15.0. The number of nitrogens with two attached hydrogens (primary N) is 1. The van der Waals surface area contributed by atoms with Crippen LogP contribution in [0, 0.1) is 5.92 Å². The van der Waals surface area contributed by atoms with Gasteiger partial charge in [-0.1, -0.05) is 0 Å². The molecule has 5 heteroatoms. The van der Waals surface area contributed by atoms with E-state index in [1.165, 1.54) is 0 Å². The summed E-state index contributed by atoms with van der Waals surface area (Å²) < 4.78 is 0. The third-order valence-electron chi connectivity index (χ3n) is 4.55. The predicted octanol–water partition coefficient (Wildman–Crippen LogP) is 1.38. The summed E-state index contributed by atoms with van der Waals surface area (Å²) in [5, 5.41) is 2.78. The van der Waals surface area contributed by atoms with Crippen molar-refractivity contribution in [1.82, 2.24) is 4.90 Å². The first-order valence-corrected chi connectivity index (χ1v) is 7.52. The van der Waals surface area contributed by atoms with Gasteiger partial charge >= 0.3 is 0 Å². The van der Waals surface area contributed by atoms with E-state index < -0.39 is 0 Å². The molecule has 2 heterocycles. The van der Waals surface area contributed by atoms with Crippen LogP contribution in [0.15, 0.2) is 18.2 Å². The normalized spacial score (nSPS) is 20.1. The van der Waals surface area contributed by atoms with Gasteiger partial charge in [0.1, 0.15) is 0 Å². The van der Waals surface area contributed by atoms with Crippen LogP contribution in [0.3, 0.4) is 0 Å². The summed E-state index contributed by atoms with van der Waals surface area (Å²) >= 11 is 0. The van der Waals surface area contributed by atoms with Crippen molar-refractivity contribution in [2.45, 2.75) is 32.2 Å².